The van der Waals surface area contributed by atoms with E-state index in [1.54, 1.807) is 18.2 Å². The summed E-state index contributed by atoms with van der Waals surface area (Å²) in [7, 11) is 0. The number of carbonyl (C=O) groups excluding carboxylic acids is 3. The molecule has 2 fully saturated rings. The zero-order valence-electron chi connectivity index (χ0n) is 47.1. The number of carbonyl (C=O) groups is 3. The monoisotopic (exact) mass is 1140 g/mol. The molecule has 5 aromatic carbocycles. The largest absolute Gasteiger partial charge is 0.508 e. The van der Waals surface area contributed by atoms with Gasteiger partial charge in [-0.1, -0.05) is 81.4 Å². The van der Waals surface area contributed by atoms with Crippen LogP contribution < -0.4 is 25.8 Å². The quantitative estimate of drug-likeness (QED) is 0.0447. The lowest BCUT2D eigenvalue weighted by molar-refractivity contribution is -0.131. The molecule has 6 N–H and O–H groups in total. The minimum atomic E-state index is -4.65. The summed E-state index contributed by atoms with van der Waals surface area (Å²) >= 11 is 0. The number of aromatic hydroxyl groups is 3. The van der Waals surface area contributed by atoms with Crippen LogP contribution in [0.4, 0.5) is 30.6 Å². The maximum absolute atomic E-state index is 13.1. The van der Waals surface area contributed by atoms with Gasteiger partial charge < -0.3 is 46.0 Å². The molecule has 0 spiro atoms. The Morgan fingerprint density at radius 2 is 1.48 bits per heavy atom. The number of nitrogens with zero attached hydrogens (tertiary/aromatic N) is 9. The number of nitrogens with one attached hydrogen (secondary N) is 3. The van der Waals surface area contributed by atoms with Gasteiger partial charge in [-0.25, -0.2) is 4.98 Å². The van der Waals surface area contributed by atoms with Gasteiger partial charge in [0.05, 0.1) is 17.8 Å². The van der Waals surface area contributed by atoms with Crippen molar-refractivity contribution >= 4 is 45.9 Å². The van der Waals surface area contributed by atoms with Crippen molar-refractivity contribution in [2.24, 2.45) is 5.92 Å². The number of alkyl halides is 3. The number of hydrogen-bond acceptors (Lipinski definition) is 14. The van der Waals surface area contributed by atoms with E-state index in [-0.39, 0.29) is 58.6 Å². The molecule has 0 saturated carbocycles. The van der Waals surface area contributed by atoms with Crippen molar-refractivity contribution in [2.45, 2.75) is 90.9 Å². The molecule has 2 saturated heterocycles. The number of hydrogen-bond donors (Lipinski definition) is 6. The number of phenols is 3. The summed E-state index contributed by atoms with van der Waals surface area (Å²) in [6.45, 7) is 11.4. The van der Waals surface area contributed by atoms with Gasteiger partial charge in [-0.2, -0.15) is 18.2 Å². The summed E-state index contributed by atoms with van der Waals surface area (Å²) in [5.74, 6) is -0.0315. The molecule has 436 valence electrons. The van der Waals surface area contributed by atoms with Crippen molar-refractivity contribution in [2.75, 3.05) is 80.6 Å². The zero-order chi connectivity index (χ0) is 58.4. The van der Waals surface area contributed by atoms with E-state index in [2.05, 4.69) is 65.9 Å². The number of benzene rings is 5. The Hall–Kier alpha value is -8.46. The van der Waals surface area contributed by atoms with Gasteiger partial charge in [-0.3, -0.25) is 23.9 Å². The number of likely N-dealkylation sites (tertiary alicyclic amines) is 1. The first-order chi connectivity index (χ1) is 40.0. The molecular weight excluding hydrogens is 1070 g/mol. The van der Waals surface area contributed by atoms with Gasteiger partial charge in [0.25, 0.3) is 5.91 Å². The fourth-order valence-electron chi connectivity index (χ4n) is 11.5. The van der Waals surface area contributed by atoms with Gasteiger partial charge in [0.2, 0.25) is 23.6 Å². The van der Waals surface area contributed by atoms with Crippen LogP contribution in [0.5, 0.6) is 17.2 Å². The fraction of sp³-hybridized carbons (Fsp3) is 0.403. The highest BCUT2D eigenvalue weighted by Gasteiger charge is 2.32. The number of piperidine rings is 1. The van der Waals surface area contributed by atoms with E-state index in [1.807, 2.05) is 67.4 Å². The predicted octanol–water partition coefficient (Wildman–Crippen LogP) is 8.65. The van der Waals surface area contributed by atoms with Gasteiger partial charge in [0.1, 0.15) is 29.6 Å². The van der Waals surface area contributed by atoms with Crippen molar-refractivity contribution in [3.05, 3.63) is 136 Å². The van der Waals surface area contributed by atoms with E-state index in [4.69, 9.17) is 9.97 Å². The van der Waals surface area contributed by atoms with Gasteiger partial charge in [0.15, 0.2) is 5.82 Å². The number of anilines is 3. The standard InChI is InChI=1S/C62H71F3N12O6/c1-4-56(82)74-27-29-75(30-28-74)57-48-21-26-76(52-33-46(78)32-44-7-5-6-8-47(44)52)37-51(48)69-61(70-57)67-23-18-55(81)66-22-17-40-9-11-43(12-10-40)36-73-24-19-42(20-25-73)31-41-13-15-45(16-14-41)77-58(50-34-49(39(2)3)53(79)35-54(50)80)71-72-59(77)60(83)68-38-62(63,64)65/h5-16,32-35,39,42,78-80H,4,17-31,36-38H2,1-3H3,(H,66,81)(H,68,83)(H,67,69,70). The van der Waals surface area contributed by atoms with Gasteiger partial charge in [-0.05, 0) is 109 Å². The highest BCUT2D eigenvalue weighted by Crippen LogP contribution is 2.40. The molecule has 3 amide bonds. The molecule has 0 aliphatic carbocycles. The van der Waals surface area contributed by atoms with E-state index in [0.29, 0.717) is 88.2 Å². The van der Waals surface area contributed by atoms with Crippen LogP contribution in [0.3, 0.4) is 0 Å². The predicted molar refractivity (Wildman–Crippen MR) is 312 cm³/mol. The van der Waals surface area contributed by atoms with E-state index in [9.17, 15) is 42.9 Å². The maximum Gasteiger partial charge on any atom is 0.405 e. The minimum absolute atomic E-state index is 0.0271. The van der Waals surface area contributed by atoms with E-state index < -0.39 is 18.6 Å². The van der Waals surface area contributed by atoms with Crippen LogP contribution in [0.1, 0.15) is 96.5 Å². The van der Waals surface area contributed by atoms with Crippen molar-refractivity contribution in [1.82, 2.24) is 45.2 Å². The Bertz CT molecular complexity index is 3450. The molecule has 5 heterocycles. The summed E-state index contributed by atoms with van der Waals surface area (Å²) in [4.78, 5) is 57.6. The lowest BCUT2D eigenvalue weighted by Crippen LogP contribution is -2.49. The van der Waals surface area contributed by atoms with Crippen molar-refractivity contribution in [1.29, 1.82) is 0 Å². The first-order valence-electron chi connectivity index (χ1n) is 28.6. The molecule has 7 aromatic rings. The van der Waals surface area contributed by atoms with E-state index in [1.165, 1.54) is 22.3 Å². The molecule has 3 aliphatic heterocycles. The van der Waals surface area contributed by atoms with Crippen LogP contribution in [0.2, 0.25) is 0 Å². The lowest BCUT2D eigenvalue weighted by Gasteiger charge is -2.38. The maximum atomic E-state index is 13.1. The summed E-state index contributed by atoms with van der Waals surface area (Å²) in [6, 6.07) is 30.2. The number of amides is 3. The third kappa shape index (κ3) is 13.9. The number of halogens is 3. The molecule has 0 radical (unpaired) electrons. The Morgan fingerprint density at radius 3 is 2.20 bits per heavy atom. The van der Waals surface area contributed by atoms with E-state index in [0.717, 1.165) is 90.1 Å². The van der Waals surface area contributed by atoms with Crippen molar-refractivity contribution in [3.8, 4) is 34.3 Å². The Labute approximate surface area is 480 Å². The SMILES string of the molecule is CCC(=O)N1CCN(c2nc(NCCC(=O)NCCc3ccc(CN4CCC(Cc5ccc(-n6c(C(=O)NCC(F)(F)F)nnc6-c6cc(C(C)C)c(O)cc6O)cc5)CC4)cc3)nc3c2CCN(c2cc(O)cc4ccccc24)C3)CC1. The number of phenolic OH excluding ortho intramolecular Hbond substituents is 3. The first-order valence-corrected chi connectivity index (χ1v) is 28.6. The molecule has 18 nitrogen and oxygen atoms in total. The summed E-state index contributed by atoms with van der Waals surface area (Å²) < 4.78 is 40.6. The number of rotatable bonds is 19. The molecule has 3 aliphatic rings. The fourth-order valence-corrected chi connectivity index (χ4v) is 11.5. The van der Waals surface area contributed by atoms with Gasteiger partial charge >= 0.3 is 6.18 Å². The zero-order valence-corrected chi connectivity index (χ0v) is 47.1. The molecule has 21 heteroatoms. The van der Waals surface area contributed by atoms with Crippen molar-refractivity contribution in [3.63, 3.8) is 0 Å². The normalized spacial score (nSPS) is 15.2. The summed E-state index contributed by atoms with van der Waals surface area (Å²) in [5.41, 5.74) is 7.38. The number of piperazine rings is 1. The summed E-state index contributed by atoms with van der Waals surface area (Å²) in [5, 5.41) is 50.4. The Balaban J connectivity index is 0.693. The van der Waals surface area contributed by atoms with Gasteiger partial charge in [-0.15, -0.1) is 10.2 Å². The van der Waals surface area contributed by atoms with Crippen LogP contribution in [0, 0.1) is 5.92 Å². The molecule has 83 heavy (non-hydrogen) atoms. The molecular formula is C62H71F3N12O6. The second-order valence-corrected chi connectivity index (χ2v) is 22.1. The topological polar surface area (TPSA) is 217 Å². The third-order valence-corrected chi connectivity index (χ3v) is 16.0. The van der Waals surface area contributed by atoms with E-state index >= 15 is 0 Å². The second kappa shape index (κ2) is 25.4. The van der Waals surface area contributed by atoms with Crippen LogP contribution in [-0.2, 0) is 41.9 Å². The van der Waals surface area contributed by atoms with Crippen LogP contribution >= 0.6 is 0 Å². The molecule has 2 aromatic heterocycles. The molecule has 10 rings (SSSR count). The molecule has 0 bridgehead atoms. The van der Waals surface area contributed by atoms with Crippen LogP contribution in [0.15, 0.2) is 97.1 Å². The third-order valence-electron chi connectivity index (χ3n) is 16.0. The smallest absolute Gasteiger partial charge is 0.405 e. The minimum Gasteiger partial charge on any atom is -0.508 e. The average molecular weight is 1140 g/mol. The first kappa shape index (κ1) is 57.8. The van der Waals surface area contributed by atoms with Gasteiger partial charge in [0, 0.05) is 99.7 Å². The Morgan fingerprint density at radius 1 is 0.759 bits per heavy atom. The average Bonchev–Trinajstić information content (AvgIpc) is 4.16. The Kier molecular flexibility index (Phi) is 17.6. The summed E-state index contributed by atoms with van der Waals surface area (Å²) in [6.07, 6.45) is 0.260. The molecule has 0 unspecified atom stereocenters. The van der Waals surface area contributed by atoms with Crippen LogP contribution in [-0.4, -0.2) is 139 Å². The molecule has 0 atom stereocenters. The highest BCUT2D eigenvalue weighted by molar-refractivity contribution is 5.96. The number of fused-ring (bicyclic) bond motifs is 2. The highest BCUT2D eigenvalue weighted by atomic mass is 19.4. The second-order valence-electron chi connectivity index (χ2n) is 22.1. The number of aromatic nitrogens is 5. The lowest BCUT2D eigenvalue weighted by atomic mass is 9.90. The van der Waals surface area contributed by atoms with Crippen LogP contribution in [0.25, 0.3) is 27.8 Å². The van der Waals surface area contributed by atoms with Crippen molar-refractivity contribution < 1.29 is 42.9 Å².